The van der Waals surface area contributed by atoms with Gasteiger partial charge < -0.3 is 4.74 Å². The van der Waals surface area contributed by atoms with E-state index in [4.69, 9.17) is 4.74 Å². The molecule has 100 valence electrons. The highest BCUT2D eigenvalue weighted by Crippen LogP contribution is 2.23. The summed E-state index contributed by atoms with van der Waals surface area (Å²) in [5.41, 5.74) is 0.830. The van der Waals surface area contributed by atoms with Gasteiger partial charge >= 0.3 is 5.97 Å². The maximum atomic E-state index is 12.9. The second kappa shape index (κ2) is 5.02. The van der Waals surface area contributed by atoms with E-state index in [9.17, 15) is 9.18 Å². The number of hydrogen-bond donors (Lipinski definition) is 0. The van der Waals surface area contributed by atoms with Gasteiger partial charge in [-0.2, -0.15) is 0 Å². The predicted molar refractivity (Wildman–Crippen MR) is 76.1 cm³/mol. The van der Waals surface area contributed by atoms with Gasteiger partial charge in [-0.3, -0.25) is 0 Å². The number of carbonyl (C=O) groups is 1. The smallest absolute Gasteiger partial charge is 0.363 e. The lowest BCUT2D eigenvalue weighted by molar-refractivity contribution is -0.129. The first-order valence-corrected chi connectivity index (χ1v) is 6.78. The minimum Gasteiger partial charge on any atom is -0.402 e. The average Bonchev–Trinajstić information content (AvgIpc) is 2.98. The minimum absolute atomic E-state index is 0.203. The molecular weight excluding hydrogens is 277 g/mol. The highest BCUT2D eigenvalue weighted by atomic mass is 32.1. The first kappa shape index (κ1) is 12.7. The summed E-state index contributed by atoms with van der Waals surface area (Å²) in [7, 11) is 0. The molecule has 0 N–H and O–H groups in total. The lowest BCUT2D eigenvalue weighted by atomic mass is 10.2. The van der Waals surface area contributed by atoms with Gasteiger partial charge in [-0.1, -0.05) is 0 Å². The van der Waals surface area contributed by atoms with Crippen LogP contribution in [0.3, 0.4) is 0 Å². The van der Waals surface area contributed by atoms with Crippen LogP contribution in [0.15, 0.2) is 47.1 Å². The molecule has 0 bridgehead atoms. The zero-order valence-corrected chi connectivity index (χ0v) is 11.4. The number of ether oxygens (including phenoxy) is 1. The lowest BCUT2D eigenvalue weighted by Crippen LogP contribution is -2.05. The van der Waals surface area contributed by atoms with Crippen molar-refractivity contribution in [1.29, 1.82) is 0 Å². The van der Waals surface area contributed by atoms with E-state index in [0.717, 1.165) is 9.75 Å². The summed E-state index contributed by atoms with van der Waals surface area (Å²) in [5, 5.41) is 0. The molecule has 2 heterocycles. The molecule has 0 spiro atoms. The van der Waals surface area contributed by atoms with Crippen LogP contribution in [0.2, 0.25) is 0 Å². The molecule has 2 aromatic rings. The van der Waals surface area contributed by atoms with Gasteiger partial charge in [-0.15, -0.1) is 11.3 Å². The molecule has 0 fully saturated rings. The topological polar surface area (TPSA) is 38.7 Å². The standard InChI is InChI=1S/C15H10FNO2S/c1-9-2-7-12(20-9)8-13-15(18)19-14(17-13)10-3-5-11(16)6-4-10/h2-8H,1H3. The summed E-state index contributed by atoms with van der Waals surface area (Å²) >= 11 is 1.57. The fourth-order valence-electron chi connectivity index (χ4n) is 1.79. The average molecular weight is 287 g/mol. The van der Waals surface area contributed by atoms with Crippen molar-refractivity contribution in [2.45, 2.75) is 6.92 Å². The molecule has 0 saturated heterocycles. The third kappa shape index (κ3) is 2.53. The number of carbonyl (C=O) groups excluding carboxylic acids is 1. The van der Waals surface area contributed by atoms with Crippen molar-refractivity contribution in [2.24, 2.45) is 4.99 Å². The SMILES string of the molecule is Cc1ccc(C=C2N=C(c3ccc(F)cc3)OC2=O)s1. The molecule has 3 rings (SSSR count). The number of thiophene rings is 1. The molecule has 1 aliphatic heterocycles. The molecule has 3 nitrogen and oxygen atoms in total. The van der Waals surface area contributed by atoms with Gasteiger partial charge in [0.25, 0.3) is 0 Å². The summed E-state index contributed by atoms with van der Waals surface area (Å²) in [6.07, 6.45) is 1.69. The normalized spacial score (nSPS) is 16.4. The number of cyclic esters (lactones) is 1. The molecule has 0 aliphatic carbocycles. The van der Waals surface area contributed by atoms with Gasteiger partial charge in [0.15, 0.2) is 5.70 Å². The number of benzene rings is 1. The van der Waals surface area contributed by atoms with Crippen molar-refractivity contribution < 1.29 is 13.9 Å². The van der Waals surface area contributed by atoms with Crippen LogP contribution in [0, 0.1) is 12.7 Å². The van der Waals surface area contributed by atoms with Crippen LogP contribution in [0.25, 0.3) is 6.08 Å². The molecular formula is C15H10FNO2S. The van der Waals surface area contributed by atoms with E-state index in [1.54, 1.807) is 17.4 Å². The maximum absolute atomic E-state index is 12.9. The minimum atomic E-state index is -0.490. The molecule has 1 aliphatic rings. The Morgan fingerprint density at radius 2 is 1.95 bits per heavy atom. The van der Waals surface area contributed by atoms with Crippen LogP contribution in [0.5, 0.6) is 0 Å². The highest BCUT2D eigenvalue weighted by Gasteiger charge is 2.24. The Bertz CT molecular complexity index is 729. The Morgan fingerprint density at radius 1 is 1.20 bits per heavy atom. The van der Waals surface area contributed by atoms with Crippen LogP contribution >= 0.6 is 11.3 Å². The molecule has 0 saturated carbocycles. The largest absolute Gasteiger partial charge is 0.402 e. The Balaban J connectivity index is 1.92. The van der Waals surface area contributed by atoms with Gasteiger partial charge in [0.2, 0.25) is 5.90 Å². The summed E-state index contributed by atoms with van der Waals surface area (Å²) < 4.78 is 18.0. The molecule has 0 unspecified atom stereocenters. The van der Waals surface area contributed by atoms with Crippen LogP contribution in [0.1, 0.15) is 15.3 Å². The van der Waals surface area contributed by atoms with E-state index in [-0.39, 0.29) is 17.4 Å². The van der Waals surface area contributed by atoms with E-state index in [0.29, 0.717) is 5.56 Å². The van der Waals surface area contributed by atoms with Crippen molar-refractivity contribution in [3.05, 3.63) is 63.2 Å². The molecule has 5 heteroatoms. The first-order valence-electron chi connectivity index (χ1n) is 5.97. The van der Waals surface area contributed by atoms with E-state index < -0.39 is 5.97 Å². The number of aliphatic imine (C=N–C) groups is 1. The van der Waals surface area contributed by atoms with E-state index >= 15 is 0 Å². The van der Waals surface area contributed by atoms with Crippen LogP contribution in [-0.2, 0) is 9.53 Å². The number of esters is 1. The van der Waals surface area contributed by atoms with Gasteiger partial charge in [0, 0.05) is 15.3 Å². The molecule has 1 aromatic heterocycles. The lowest BCUT2D eigenvalue weighted by Gasteiger charge is -1.98. The number of aryl methyl sites for hydroxylation is 1. The Kier molecular flexibility index (Phi) is 3.20. The Labute approximate surface area is 119 Å². The van der Waals surface area contributed by atoms with Crippen molar-refractivity contribution in [2.75, 3.05) is 0 Å². The third-order valence-electron chi connectivity index (χ3n) is 2.75. The number of rotatable bonds is 2. The highest BCUT2D eigenvalue weighted by molar-refractivity contribution is 7.12. The molecule has 0 atom stereocenters. The zero-order chi connectivity index (χ0) is 14.1. The van der Waals surface area contributed by atoms with Gasteiger partial charge in [-0.25, -0.2) is 14.2 Å². The van der Waals surface area contributed by atoms with Gasteiger partial charge in [0.1, 0.15) is 5.82 Å². The molecule has 0 radical (unpaired) electrons. The fourth-order valence-corrected chi connectivity index (χ4v) is 2.61. The van der Waals surface area contributed by atoms with E-state index in [1.165, 1.54) is 24.3 Å². The van der Waals surface area contributed by atoms with E-state index in [1.807, 2.05) is 19.1 Å². The molecule has 1 aromatic carbocycles. The number of nitrogens with zero attached hydrogens (tertiary/aromatic N) is 1. The van der Waals surface area contributed by atoms with Crippen LogP contribution in [-0.4, -0.2) is 11.9 Å². The van der Waals surface area contributed by atoms with Gasteiger partial charge in [-0.05, 0) is 49.4 Å². The van der Waals surface area contributed by atoms with Crippen molar-refractivity contribution in [1.82, 2.24) is 0 Å². The predicted octanol–water partition coefficient (Wildman–Crippen LogP) is 3.54. The van der Waals surface area contributed by atoms with Crippen molar-refractivity contribution in [3.63, 3.8) is 0 Å². The zero-order valence-electron chi connectivity index (χ0n) is 10.6. The van der Waals surface area contributed by atoms with Crippen molar-refractivity contribution in [3.8, 4) is 0 Å². The summed E-state index contributed by atoms with van der Waals surface area (Å²) in [6, 6.07) is 9.55. The number of halogens is 1. The van der Waals surface area contributed by atoms with Crippen LogP contribution < -0.4 is 0 Å². The molecule has 0 amide bonds. The summed E-state index contributed by atoms with van der Waals surface area (Å²) in [5.74, 6) is -0.631. The second-order valence-corrected chi connectivity index (χ2v) is 5.61. The first-order chi connectivity index (χ1) is 9.61. The third-order valence-corrected chi connectivity index (χ3v) is 3.70. The monoisotopic (exact) mass is 287 g/mol. The number of hydrogen-bond acceptors (Lipinski definition) is 4. The maximum Gasteiger partial charge on any atom is 0.363 e. The second-order valence-electron chi connectivity index (χ2n) is 4.29. The van der Waals surface area contributed by atoms with Crippen molar-refractivity contribution >= 4 is 29.3 Å². The molecule has 20 heavy (non-hydrogen) atoms. The van der Waals surface area contributed by atoms with Gasteiger partial charge in [0.05, 0.1) is 0 Å². The summed E-state index contributed by atoms with van der Waals surface area (Å²) in [6.45, 7) is 1.99. The van der Waals surface area contributed by atoms with E-state index in [2.05, 4.69) is 4.99 Å². The quantitative estimate of drug-likeness (QED) is 0.626. The summed E-state index contributed by atoms with van der Waals surface area (Å²) in [4.78, 5) is 18.0. The Hall–Kier alpha value is -2.27. The van der Waals surface area contributed by atoms with Crippen LogP contribution in [0.4, 0.5) is 4.39 Å². The fraction of sp³-hybridized carbons (Fsp3) is 0.0667. The Morgan fingerprint density at radius 3 is 2.60 bits per heavy atom.